The molecule has 0 fully saturated rings. The highest BCUT2D eigenvalue weighted by Gasteiger charge is 2.51. The van der Waals surface area contributed by atoms with Crippen LogP contribution in [0.1, 0.15) is 22.3 Å². The zero-order valence-electron chi connectivity index (χ0n) is 31.0. The highest BCUT2D eigenvalue weighted by Crippen LogP contribution is 2.64. The van der Waals surface area contributed by atoms with Gasteiger partial charge in [-0.3, -0.25) is 0 Å². The van der Waals surface area contributed by atoms with Crippen molar-refractivity contribution in [1.29, 1.82) is 0 Å². The fraction of sp³-hybridized carbons (Fsp3) is 0.0182. The molecule has 2 N–H and O–H groups in total. The van der Waals surface area contributed by atoms with E-state index in [9.17, 15) is 0 Å². The van der Waals surface area contributed by atoms with Gasteiger partial charge in [-0.25, -0.2) is 0 Å². The second-order valence-corrected chi connectivity index (χ2v) is 15.3. The molecule has 10 aromatic carbocycles. The largest absolute Gasteiger partial charge is 0.457 e. The molecule has 2 heteroatoms. The summed E-state index contributed by atoms with van der Waals surface area (Å²) in [4.78, 5) is 0. The first-order valence-electron chi connectivity index (χ1n) is 19.6. The Bertz CT molecular complexity index is 3180. The van der Waals surface area contributed by atoms with Gasteiger partial charge in [0.25, 0.3) is 0 Å². The summed E-state index contributed by atoms with van der Waals surface area (Å²) in [5.41, 5.74) is 21.3. The van der Waals surface area contributed by atoms with E-state index in [4.69, 9.17) is 10.5 Å². The average molecular weight is 726 g/mol. The van der Waals surface area contributed by atoms with Gasteiger partial charge in [0.1, 0.15) is 11.5 Å². The van der Waals surface area contributed by atoms with Crippen LogP contribution in [-0.2, 0) is 5.41 Å². The smallest absolute Gasteiger partial charge is 0.132 e. The fourth-order valence-electron chi connectivity index (χ4n) is 10.2. The topological polar surface area (TPSA) is 35.2 Å². The van der Waals surface area contributed by atoms with Crippen molar-refractivity contribution in [3.05, 3.63) is 222 Å². The third-order valence-corrected chi connectivity index (χ3v) is 12.4. The second-order valence-electron chi connectivity index (χ2n) is 15.3. The van der Waals surface area contributed by atoms with Crippen molar-refractivity contribution in [3.8, 4) is 56.0 Å². The Morgan fingerprint density at radius 3 is 1.58 bits per heavy atom. The van der Waals surface area contributed by atoms with E-state index in [0.717, 1.165) is 33.9 Å². The SMILES string of the molecule is Nc1ccc2c(c1)-c1c(-c3c4ccccc4c(-c4cccc5cc(-c6ccccc6)ccc45)c4ccccc34)cccc1C21c2ccccc2Oc2ccccc21. The van der Waals surface area contributed by atoms with Crippen molar-refractivity contribution < 1.29 is 4.74 Å². The molecule has 0 unspecified atom stereocenters. The number of rotatable bonds is 3. The molecule has 266 valence electrons. The Morgan fingerprint density at radius 1 is 0.333 bits per heavy atom. The van der Waals surface area contributed by atoms with Gasteiger partial charge >= 0.3 is 0 Å². The number of ether oxygens (including phenoxy) is 1. The average Bonchev–Trinajstić information content (AvgIpc) is 3.55. The maximum absolute atomic E-state index is 6.71. The number of anilines is 1. The van der Waals surface area contributed by atoms with Gasteiger partial charge in [-0.05, 0) is 118 Å². The predicted molar refractivity (Wildman–Crippen MR) is 237 cm³/mol. The molecular formula is C55H35NO. The van der Waals surface area contributed by atoms with Crippen LogP contribution in [0.15, 0.2) is 200 Å². The summed E-state index contributed by atoms with van der Waals surface area (Å²) in [6, 6.07) is 72.7. The van der Waals surface area contributed by atoms with Crippen molar-refractivity contribution >= 4 is 38.0 Å². The normalized spacial score (nSPS) is 13.3. The number of nitrogen functional groups attached to an aromatic ring is 1. The van der Waals surface area contributed by atoms with Crippen molar-refractivity contribution in [1.82, 2.24) is 0 Å². The number of hydrogen-bond acceptors (Lipinski definition) is 2. The maximum Gasteiger partial charge on any atom is 0.132 e. The van der Waals surface area contributed by atoms with Crippen LogP contribution in [0.25, 0.3) is 76.8 Å². The van der Waals surface area contributed by atoms with E-state index in [2.05, 4.69) is 200 Å². The third-order valence-electron chi connectivity index (χ3n) is 12.4. The molecule has 57 heavy (non-hydrogen) atoms. The molecule has 1 spiro atoms. The summed E-state index contributed by atoms with van der Waals surface area (Å²) < 4.78 is 6.64. The van der Waals surface area contributed by atoms with E-state index >= 15 is 0 Å². The van der Waals surface area contributed by atoms with Crippen LogP contribution in [-0.4, -0.2) is 0 Å². The number of fused-ring (bicyclic) bond motifs is 12. The minimum absolute atomic E-state index is 0.590. The summed E-state index contributed by atoms with van der Waals surface area (Å²) in [7, 11) is 0. The standard InChI is InChI=1S/C55H35NO/c56-37-29-31-46-45(33-37)54-44(22-13-25-49(54)55(46)47-23-8-10-26-50(47)57-51-27-11-9-24-48(51)55)53-42-19-6-4-17-40(42)52(41-18-5-7-20-43(41)53)39-21-12-16-36-32-35(28-30-38(36)39)34-14-2-1-3-15-34/h1-33H,56H2. The molecule has 1 heterocycles. The Morgan fingerprint density at radius 2 is 0.895 bits per heavy atom. The van der Waals surface area contributed by atoms with Gasteiger partial charge in [0.2, 0.25) is 0 Å². The molecule has 0 saturated heterocycles. The highest BCUT2D eigenvalue weighted by atomic mass is 16.5. The third kappa shape index (κ3) is 4.41. The van der Waals surface area contributed by atoms with Gasteiger partial charge in [0.05, 0.1) is 5.41 Å². The van der Waals surface area contributed by atoms with Crippen molar-refractivity contribution in [2.24, 2.45) is 0 Å². The molecule has 1 aliphatic heterocycles. The lowest BCUT2D eigenvalue weighted by Gasteiger charge is -2.39. The first-order valence-corrected chi connectivity index (χ1v) is 19.6. The quantitative estimate of drug-likeness (QED) is 0.145. The first-order chi connectivity index (χ1) is 28.2. The van der Waals surface area contributed by atoms with E-state index in [-0.39, 0.29) is 0 Å². The van der Waals surface area contributed by atoms with E-state index in [1.54, 1.807) is 0 Å². The van der Waals surface area contributed by atoms with E-state index in [1.165, 1.54) is 82.4 Å². The van der Waals surface area contributed by atoms with Crippen LogP contribution in [0.4, 0.5) is 5.69 Å². The second kappa shape index (κ2) is 12.0. The molecule has 2 aliphatic rings. The lowest BCUT2D eigenvalue weighted by atomic mass is 9.66. The van der Waals surface area contributed by atoms with Crippen molar-refractivity contribution in [3.63, 3.8) is 0 Å². The monoisotopic (exact) mass is 725 g/mol. The lowest BCUT2D eigenvalue weighted by Crippen LogP contribution is -2.32. The number of benzene rings is 10. The Kier molecular flexibility index (Phi) is 6.73. The first kappa shape index (κ1) is 31.9. The number of hydrogen-bond donors (Lipinski definition) is 1. The molecule has 0 radical (unpaired) electrons. The molecule has 1 aliphatic carbocycles. The molecule has 0 bridgehead atoms. The Labute approximate surface area is 331 Å². The summed E-state index contributed by atoms with van der Waals surface area (Å²) in [6.07, 6.45) is 0. The molecule has 12 rings (SSSR count). The van der Waals surface area contributed by atoms with Crippen LogP contribution in [0, 0.1) is 0 Å². The van der Waals surface area contributed by atoms with E-state index in [0.29, 0.717) is 0 Å². The van der Waals surface area contributed by atoms with E-state index < -0.39 is 5.41 Å². The summed E-state index contributed by atoms with van der Waals surface area (Å²) in [5.74, 6) is 1.76. The van der Waals surface area contributed by atoms with Gasteiger partial charge in [-0.1, -0.05) is 170 Å². The van der Waals surface area contributed by atoms with Crippen LogP contribution >= 0.6 is 0 Å². The van der Waals surface area contributed by atoms with Gasteiger partial charge in [-0.15, -0.1) is 0 Å². The molecule has 0 atom stereocenters. The minimum Gasteiger partial charge on any atom is -0.457 e. The van der Waals surface area contributed by atoms with Gasteiger partial charge in [0.15, 0.2) is 0 Å². The van der Waals surface area contributed by atoms with Gasteiger partial charge in [-0.2, -0.15) is 0 Å². The Hall–Kier alpha value is -7.42. The van der Waals surface area contributed by atoms with Crippen LogP contribution < -0.4 is 10.5 Å². The molecule has 0 aromatic heterocycles. The van der Waals surface area contributed by atoms with Crippen LogP contribution in [0.5, 0.6) is 11.5 Å². The molecule has 0 saturated carbocycles. The molecule has 2 nitrogen and oxygen atoms in total. The molecule has 0 amide bonds. The van der Waals surface area contributed by atoms with Gasteiger partial charge in [0, 0.05) is 16.8 Å². The fourth-order valence-corrected chi connectivity index (χ4v) is 10.2. The molecular weight excluding hydrogens is 691 g/mol. The lowest BCUT2D eigenvalue weighted by molar-refractivity contribution is 0.436. The van der Waals surface area contributed by atoms with Crippen LogP contribution in [0.3, 0.4) is 0 Å². The minimum atomic E-state index is -0.590. The maximum atomic E-state index is 6.71. The van der Waals surface area contributed by atoms with Crippen LogP contribution in [0.2, 0.25) is 0 Å². The van der Waals surface area contributed by atoms with Crippen molar-refractivity contribution in [2.45, 2.75) is 5.41 Å². The highest BCUT2D eigenvalue weighted by molar-refractivity contribution is 6.25. The number of nitrogens with two attached hydrogens (primary N) is 1. The van der Waals surface area contributed by atoms with Crippen molar-refractivity contribution in [2.75, 3.05) is 5.73 Å². The summed E-state index contributed by atoms with van der Waals surface area (Å²) >= 11 is 0. The Balaban J connectivity index is 1.18. The zero-order chi connectivity index (χ0) is 37.7. The molecule has 10 aromatic rings. The summed E-state index contributed by atoms with van der Waals surface area (Å²) in [6.45, 7) is 0. The summed E-state index contributed by atoms with van der Waals surface area (Å²) in [5, 5.41) is 7.36. The van der Waals surface area contributed by atoms with E-state index in [1.807, 2.05) is 0 Å². The zero-order valence-corrected chi connectivity index (χ0v) is 31.0. The van der Waals surface area contributed by atoms with Gasteiger partial charge < -0.3 is 10.5 Å². The predicted octanol–water partition coefficient (Wildman–Crippen LogP) is 14.2. The number of para-hydroxylation sites is 2.